The fourth-order valence-corrected chi connectivity index (χ4v) is 9.05. The van der Waals surface area contributed by atoms with Gasteiger partial charge in [0.2, 0.25) is 0 Å². The summed E-state index contributed by atoms with van der Waals surface area (Å²) >= 11 is 0. The predicted molar refractivity (Wildman–Crippen MR) is 153 cm³/mol. The number of unbranched alkanes of at least 4 members (excludes halogenated alkanes) is 2. The van der Waals surface area contributed by atoms with Gasteiger partial charge < -0.3 is 4.90 Å². The van der Waals surface area contributed by atoms with Crippen LogP contribution in [0.5, 0.6) is 0 Å². The Balaban J connectivity index is 1.88. The summed E-state index contributed by atoms with van der Waals surface area (Å²) in [6, 6.07) is 42.9. The van der Waals surface area contributed by atoms with Crippen LogP contribution >= 0.6 is 7.26 Å². The molecule has 0 heterocycles. The lowest BCUT2D eigenvalue weighted by Gasteiger charge is -2.29. The van der Waals surface area contributed by atoms with Crippen LogP contribution < -0.4 is 26.1 Å². The summed E-state index contributed by atoms with van der Waals surface area (Å²) < 4.78 is 0. The van der Waals surface area contributed by atoms with E-state index < -0.39 is 7.26 Å². The van der Waals surface area contributed by atoms with Gasteiger partial charge in [0.15, 0.2) is 0 Å². The Morgan fingerprint density at radius 3 is 1.18 bits per heavy atom. The van der Waals surface area contributed by atoms with Crippen molar-refractivity contribution in [3.8, 4) is 0 Å². The molecule has 0 fully saturated rings. The normalized spacial score (nSPS) is 11.4. The van der Waals surface area contributed by atoms with Crippen molar-refractivity contribution in [2.45, 2.75) is 39.5 Å². The Morgan fingerprint density at radius 2 is 0.824 bits per heavy atom. The van der Waals surface area contributed by atoms with Crippen LogP contribution in [0.2, 0.25) is 0 Å². The first-order valence-electron chi connectivity index (χ1n) is 12.7. The molecule has 0 amide bonds. The second kappa shape index (κ2) is 12.0. The maximum atomic E-state index is 2.57. The van der Waals surface area contributed by atoms with Crippen molar-refractivity contribution >= 4 is 34.2 Å². The highest BCUT2D eigenvalue weighted by Crippen LogP contribution is 2.54. The maximum Gasteiger partial charge on any atom is 0.144 e. The van der Waals surface area contributed by atoms with Crippen molar-refractivity contribution in [3.05, 3.63) is 115 Å². The Bertz CT molecular complexity index is 1000. The minimum absolute atomic E-state index is 1.13. The van der Waals surface area contributed by atoms with Gasteiger partial charge >= 0.3 is 0 Å². The van der Waals surface area contributed by atoms with Crippen LogP contribution in [0.4, 0.5) is 5.69 Å². The number of hydrogen-bond donors (Lipinski definition) is 0. The molecule has 0 saturated carbocycles. The second-order valence-corrected chi connectivity index (χ2v) is 12.3. The highest BCUT2D eigenvalue weighted by atomic mass is 31.2. The molecule has 34 heavy (non-hydrogen) atoms. The smallest absolute Gasteiger partial charge is 0.144 e. The fraction of sp³-hybridized carbons (Fsp3) is 0.250. The molecule has 0 aliphatic heterocycles. The highest BCUT2D eigenvalue weighted by molar-refractivity contribution is 8.01. The average molecular weight is 467 g/mol. The number of benzene rings is 4. The van der Waals surface area contributed by atoms with E-state index in [0.29, 0.717) is 0 Å². The minimum Gasteiger partial charge on any atom is -0.372 e. The van der Waals surface area contributed by atoms with Gasteiger partial charge in [-0.1, -0.05) is 81.3 Å². The van der Waals surface area contributed by atoms with E-state index in [1.165, 1.54) is 52.6 Å². The topological polar surface area (TPSA) is 3.24 Å². The highest BCUT2D eigenvalue weighted by Gasteiger charge is 2.47. The van der Waals surface area contributed by atoms with Gasteiger partial charge in [0.1, 0.15) is 28.5 Å². The zero-order chi connectivity index (χ0) is 23.6. The van der Waals surface area contributed by atoms with E-state index in [4.69, 9.17) is 0 Å². The molecule has 1 nitrogen and oxygen atoms in total. The van der Waals surface area contributed by atoms with E-state index >= 15 is 0 Å². The zero-order valence-corrected chi connectivity index (χ0v) is 21.5. The summed E-state index contributed by atoms with van der Waals surface area (Å²) in [5.41, 5.74) is 1.35. The number of nitrogens with zero attached hydrogens (tertiary/aromatic N) is 1. The largest absolute Gasteiger partial charge is 0.372 e. The van der Waals surface area contributed by atoms with Gasteiger partial charge in [-0.05, 0) is 73.5 Å². The molecule has 4 rings (SSSR count). The van der Waals surface area contributed by atoms with Gasteiger partial charge in [0.25, 0.3) is 0 Å². The number of anilines is 1. The van der Waals surface area contributed by atoms with E-state index in [2.05, 4.69) is 134 Å². The molecule has 4 aromatic carbocycles. The lowest BCUT2D eigenvalue weighted by molar-refractivity contribution is 0.678. The van der Waals surface area contributed by atoms with Gasteiger partial charge in [0.05, 0.1) is 0 Å². The lowest BCUT2D eigenvalue weighted by atomic mass is 10.2. The summed E-state index contributed by atoms with van der Waals surface area (Å²) in [6.07, 6.45) is 4.93. The maximum absolute atomic E-state index is 2.57. The Labute approximate surface area is 206 Å². The number of rotatable bonds is 11. The second-order valence-electron chi connectivity index (χ2n) is 8.89. The Hall–Kier alpha value is -2.89. The molecular weight excluding hydrogens is 429 g/mol. The first-order valence-corrected chi connectivity index (χ1v) is 14.5. The van der Waals surface area contributed by atoms with Crippen molar-refractivity contribution in [2.75, 3.05) is 18.0 Å². The van der Waals surface area contributed by atoms with E-state index in [-0.39, 0.29) is 0 Å². The van der Waals surface area contributed by atoms with Crippen molar-refractivity contribution in [1.29, 1.82) is 0 Å². The molecule has 0 radical (unpaired) electrons. The molecule has 0 bridgehead atoms. The van der Waals surface area contributed by atoms with Crippen LogP contribution in [0, 0.1) is 0 Å². The average Bonchev–Trinajstić information content (AvgIpc) is 2.92. The van der Waals surface area contributed by atoms with Gasteiger partial charge in [-0.3, -0.25) is 0 Å². The molecule has 0 spiro atoms. The third-order valence-electron chi connectivity index (χ3n) is 6.60. The van der Waals surface area contributed by atoms with E-state index in [1.54, 1.807) is 0 Å². The third kappa shape index (κ3) is 5.11. The van der Waals surface area contributed by atoms with E-state index in [0.717, 1.165) is 13.1 Å². The molecule has 0 aliphatic rings. The first-order chi connectivity index (χ1) is 16.8. The molecule has 174 valence electrons. The van der Waals surface area contributed by atoms with Gasteiger partial charge in [-0.2, -0.15) is 0 Å². The molecule has 0 atom stereocenters. The lowest BCUT2D eigenvalue weighted by Crippen LogP contribution is -2.38. The summed E-state index contributed by atoms with van der Waals surface area (Å²) in [7, 11) is -2.02. The first kappa shape index (κ1) is 24.2. The van der Waals surface area contributed by atoms with Crippen molar-refractivity contribution in [1.82, 2.24) is 0 Å². The van der Waals surface area contributed by atoms with Crippen LogP contribution in [-0.4, -0.2) is 13.1 Å². The minimum atomic E-state index is -2.02. The van der Waals surface area contributed by atoms with Gasteiger partial charge in [-0.15, -0.1) is 0 Å². The van der Waals surface area contributed by atoms with Crippen LogP contribution in [0.15, 0.2) is 115 Å². The molecule has 2 heteroatoms. The van der Waals surface area contributed by atoms with Crippen molar-refractivity contribution < 1.29 is 0 Å². The van der Waals surface area contributed by atoms with Crippen LogP contribution in [0.25, 0.3) is 0 Å². The number of hydrogen-bond acceptors (Lipinski definition) is 1. The van der Waals surface area contributed by atoms with Gasteiger partial charge in [-0.25, -0.2) is 0 Å². The molecule has 0 unspecified atom stereocenters. The fourth-order valence-electron chi connectivity index (χ4n) is 4.80. The van der Waals surface area contributed by atoms with E-state index in [9.17, 15) is 0 Å². The predicted octanol–water partition coefficient (Wildman–Crippen LogP) is 6.71. The monoisotopic (exact) mass is 466 g/mol. The summed E-state index contributed by atoms with van der Waals surface area (Å²) in [5, 5.41) is 5.60. The SMILES string of the molecule is CCCCN(CCCC)c1ccc([P+](c2ccccc2)(c2ccccc2)c2ccccc2)cc1. The van der Waals surface area contributed by atoms with Crippen LogP contribution in [0.1, 0.15) is 39.5 Å². The molecule has 4 aromatic rings. The van der Waals surface area contributed by atoms with Gasteiger partial charge in [0, 0.05) is 18.8 Å². The Kier molecular flexibility index (Phi) is 8.56. The van der Waals surface area contributed by atoms with Crippen molar-refractivity contribution in [3.63, 3.8) is 0 Å². The van der Waals surface area contributed by atoms with Crippen LogP contribution in [-0.2, 0) is 0 Å². The zero-order valence-electron chi connectivity index (χ0n) is 20.6. The molecular formula is C32H37NP+. The quantitative estimate of drug-likeness (QED) is 0.222. The van der Waals surface area contributed by atoms with E-state index in [1.807, 2.05) is 0 Å². The third-order valence-corrected chi connectivity index (χ3v) is 10.9. The standard InChI is InChI=1S/C32H37NP/c1-3-5-26-33(27-6-4-2)28-22-24-32(25-23-28)34(29-16-10-7-11-17-29,30-18-12-8-13-19-30)31-20-14-9-15-21-31/h7-25H,3-6,26-27H2,1-2H3/q+1. The summed E-state index contributed by atoms with van der Waals surface area (Å²) in [4.78, 5) is 2.57. The summed E-state index contributed by atoms with van der Waals surface area (Å²) in [6.45, 7) is 6.82. The molecule has 0 N–H and O–H groups in total. The van der Waals surface area contributed by atoms with Crippen LogP contribution in [0.3, 0.4) is 0 Å². The molecule has 0 saturated heterocycles. The molecule has 0 aromatic heterocycles. The van der Waals surface area contributed by atoms with Crippen molar-refractivity contribution in [2.24, 2.45) is 0 Å². The Morgan fingerprint density at radius 1 is 0.471 bits per heavy atom. The molecule has 0 aliphatic carbocycles. The summed E-state index contributed by atoms with van der Waals surface area (Å²) in [5.74, 6) is 0.